The molecule has 0 saturated heterocycles. The highest BCUT2D eigenvalue weighted by Gasteiger charge is 2.40. The van der Waals surface area contributed by atoms with Crippen LogP contribution in [0.3, 0.4) is 0 Å². The zero-order valence-electron chi connectivity index (χ0n) is 9.03. The normalized spacial score (nSPS) is 27.4. The second-order valence-corrected chi connectivity index (χ2v) is 4.46. The van der Waals surface area contributed by atoms with Crippen molar-refractivity contribution in [2.75, 3.05) is 0 Å². The van der Waals surface area contributed by atoms with E-state index in [1.807, 2.05) is 0 Å². The number of benzene rings is 1. The van der Waals surface area contributed by atoms with E-state index < -0.39 is 0 Å². The van der Waals surface area contributed by atoms with Gasteiger partial charge in [0.25, 0.3) is 0 Å². The van der Waals surface area contributed by atoms with Crippen LogP contribution >= 0.6 is 0 Å². The van der Waals surface area contributed by atoms with Crippen LogP contribution in [-0.4, -0.2) is 6.04 Å². The summed E-state index contributed by atoms with van der Waals surface area (Å²) in [6.45, 7) is 4.31. The predicted molar refractivity (Wildman–Crippen MR) is 60.3 cm³/mol. The molecule has 0 radical (unpaired) electrons. The first kappa shape index (κ1) is 9.72. The number of nitrogens with two attached hydrogens (primary N) is 1. The molecule has 1 fully saturated rings. The van der Waals surface area contributed by atoms with Crippen molar-refractivity contribution in [1.29, 1.82) is 0 Å². The number of rotatable bonds is 3. The largest absolute Gasteiger partial charge is 0.328 e. The molecular weight excluding hydrogens is 170 g/mol. The maximum atomic E-state index is 5.88. The minimum atomic E-state index is 0.353. The van der Waals surface area contributed by atoms with Crippen LogP contribution in [0, 0.1) is 5.92 Å². The molecule has 1 nitrogen and oxygen atoms in total. The summed E-state index contributed by atoms with van der Waals surface area (Å²) in [6.07, 6.45) is 2.41. The van der Waals surface area contributed by atoms with E-state index in [-0.39, 0.29) is 0 Å². The second-order valence-electron chi connectivity index (χ2n) is 4.46. The van der Waals surface area contributed by atoms with Gasteiger partial charge in [-0.05, 0) is 42.7 Å². The quantitative estimate of drug-likeness (QED) is 0.777. The van der Waals surface area contributed by atoms with Crippen LogP contribution in [-0.2, 0) is 6.42 Å². The Morgan fingerprint density at radius 2 is 2.00 bits per heavy atom. The summed E-state index contributed by atoms with van der Waals surface area (Å²) in [7, 11) is 0. The number of aryl methyl sites for hydroxylation is 1. The first-order chi connectivity index (χ1) is 6.72. The van der Waals surface area contributed by atoms with E-state index >= 15 is 0 Å². The molecule has 0 unspecified atom stereocenters. The Bertz CT molecular complexity index is 300. The standard InChI is InChI=1S/C13H19N/c1-3-10-4-6-11(7-5-10)13-8-12(13)9(2)14/h4-7,9,12-13H,3,8,14H2,1-2H3/t9-,12+,13+/m1/s1. The van der Waals surface area contributed by atoms with Gasteiger partial charge in [0, 0.05) is 6.04 Å². The van der Waals surface area contributed by atoms with Gasteiger partial charge in [-0.25, -0.2) is 0 Å². The van der Waals surface area contributed by atoms with Gasteiger partial charge in [0.2, 0.25) is 0 Å². The van der Waals surface area contributed by atoms with E-state index in [0.29, 0.717) is 6.04 Å². The first-order valence-electron chi connectivity index (χ1n) is 5.56. The van der Waals surface area contributed by atoms with Gasteiger partial charge in [-0.1, -0.05) is 31.2 Å². The summed E-state index contributed by atoms with van der Waals surface area (Å²) < 4.78 is 0. The molecule has 0 aromatic heterocycles. The molecule has 0 heterocycles. The maximum absolute atomic E-state index is 5.88. The highest BCUT2D eigenvalue weighted by Crippen LogP contribution is 2.48. The van der Waals surface area contributed by atoms with Crippen molar-refractivity contribution in [2.45, 2.75) is 38.6 Å². The summed E-state index contributed by atoms with van der Waals surface area (Å²) in [6, 6.07) is 9.38. The fraction of sp³-hybridized carbons (Fsp3) is 0.538. The molecular formula is C13H19N. The lowest BCUT2D eigenvalue weighted by atomic mass is 10.0. The predicted octanol–water partition coefficient (Wildman–Crippen LogP) is 2.70. The number of hydrogen-bond donors (Lipinski definition) is 1. The molecule has 1 aliphatic carbocycles. The fourth-order valence-corrected chi connectivity index (χ4v) is 2.18. The van der Waals surface area contributed by atoms with Crippen LogP contribution in [0.4, 0.5) is 0 Å². The lowest BCUT2D eigenvalue weighted by Crippen LogP contribution is -2.17. The highest BCUT2D eigenvalue weighted by molar-refractivity contribution is 5.30. The molecule has 0 amide bonds. The Hall–Kier alpha value is -0.820. The van der Waals surface area contributed by atoms with Crippen molar-refractivity contribution in [3.05, 3.63) is 35.4 Å². The summed E-state index contributed by atoms with van der Waals surface area (Å²) in [5.41, 5.74) is 8.78. The molecule has 0 bridgehead atoms. The smallest absolute Gasteiger partial charge is 0.00448 e. The van der Waals surface area contributed by atoms with E-state index in [4.69, 9.17) is 5.73 Å². The summed E-state index contributed by atoms with van der Waals surface area (Å²) in [5.74, 6) is 1.46. The van der Waals surface area contributed by atoms with Crippen molar-refractivity contribution in [2.24, 2.45) is 11.7 Å². The average Bonchev–Trinajstić information content (AvgIpc) is 2.97. The molecule has 1 aromatic rings. The maximum Gasteiger partial charge on any atom is 0.00448 e. The highest BCUT2D eigenvalue weighted by atomic mass is 14.7. The van der Waals surface area contributed by atoms with Gasteiger partial charge in [0.1, 0.15) is 0 Å². The summed E-state index contributed by atoms with van der Waals surface area (Å²) in [5, 5.41) is 0. The monoisotopic (exact) mass is 189 g/mol. The summed E-state index contributed by atoms with van der Waals surface area (Å²) in [4.78, 5) is 0. The van der Waals surface area contributed by atoms with Crippen LogP contribution in [0.15, 0.2) is 24.3 Å². The molecule has 2 rings (SSSR count). The molecule has 76 valence electrons. The topological polar surface area (TPSA) is 26.0 Å². The third-order valence-electron chi connectivity index (χ3n) is 3.33. The zero-order chi connectivity index (χ0) is 10.1. The molecule has 0 spiro atoms. The first-order valence-corrected chi connectivity index (χ1v) is 5.56. The van der Waals surface area contributed by atoms with Gasteiger partial charge in [0.15, 0.2) is 0 Å². The van der Waals surface area contributed by atoms with Crippen LogP contribution in [0.25, 0.3) is 0 Å². The Labute approximate surface area is 86.3 Å². The van der Waals surface area contributed by atoms with Crippen molar-refractivity contribution in [1.82, 2.24) is 0 Å². The second kappa shape index (κ2) is 3.74. The molecule has 3 atom stereocenters. The Morgan fingerprint density at radius 1 is 1.36 bits per heavy atom. The number of hydrogen-bond acceptors (Lipinski definition) is 1. The van der Waals surface area contributed by atoms with Crippen LogP contribution in [0.2, 0.25) is 0 Å². The SMILES string of the molecule is CCc1ccc([C@@H]2C[C@H]2[C@@H](C)N)cc1. The molecule has 1 aromatic carbocycles. The lowest BCUT2D eigenvalue weighted by Gasteiger charge is -2.04. The average molecular weight is 189 g/mol. The van der Waals surface area contributed by atoms with Crippen molar-refractivity contribution in [3.63, 3.8) is 0 Å². The Balaban J connectivity index is 2.05. The lowest BCUT2D eigenvalue weighted by molar-refractivity contribution is 0.631. The summed E-state index contributed by atoms with van der Waals surface area (Å²) >= 11 is 0. The zero-order valence-corrected chi connectivity index (χ0v) is 9.03. The van der Waals surface area contributed by atoms with E-state index in [1.165, 1.54) is 17.5 Å². The Morgan fingerprint density at radius 3 is 2.43 bits per heavy atom. The minimum absolute atomic E-state index is 0.353. The van der Waals surface area contributed by atoms with Crippen molar-refractivity contribution in [3.8, 4) is 0 Å². The van der Waals surface area contributed by atoms with Gasteiger partial charge in [-0.15, -0.1) is 0 Å². The van der Waals surface area contributed by atoms with Gasteiger partial charge in [-0.2, -0.15) is 0 Å². The van der Waals surface area contributed by atoms with Gasteiger partial charge in [-0.3, -0.25) is 0 Å². The molecule has 1 aliphatic rings. The third kappa shape index (κ3) is 1.83. The Kier molecular flexibility index (Phi) is 2.60. The van der Waals surface area contributed by atoms with Gasteiger partial charge >= 0.3 is 0 Å². The van der Waals surface area contributed by atoms with Crippen molar-refractivity contribution >= 4 is 0 Å². The third-order valence-corrected chi connectivity index (χ3v) is 3.33. The van der Waals surface area contributed by atoms with E-state index in [2.05, 4.69) is 38.1 Å². The van der Waals surface area contributed by atoms with Gasteiger partial charge < -0.3 is 5.73 Å². The van der Waals surface area contributed by atoms with Crippen LogP contribution in [0.1, 0.15) is 37.3 Å². The molecule has 14 heavy (non-hydrogen) atoms. The minimum Gasteiger partial charge on any atom is -0.328 e. The van der Waals surface area contributed by atoms with E-state index in [1.54, 1.807) is 0 Å². The van der Waals surface area contributed by atoms with Crippen molar-refractivity contribution < 1.29 is 0 Å². The van der Waals surface area contributed by atoms with Crippen LogP contribution in [0.5, 0.6) is 0 Å². The molecule has 2 N–H and O–H groups in total. The molecule has 1 heteroatoms. The molecule has 1 saturated carbocycles. The molecule has 0 aliphatic heterocycles. The van der Waals surface area contributed by atoms with E-state index in [9.17, 15) is 0 Å². The van der Waals surface area contributed by atoms with Crippen LogP contribution < -0.4 is 5.73 Å². The van der Waals surface area contributed by atoms with Gasteiger partial charge in [0.05, 0.1) is 0 Å². The van der Waals surface area contributed by atoms with E-state index in [0.717, 1.165) is 18.3 Å². The fourth-order valence-electron chi connectivity index (χ4n) is 2.18.